The zero-order valence-corrected chi connectivity index (χ0v) is 13.7. The van der Waals surface area contributed by atoms with Crippen LogP contribution in [0.5, 0.6) is 0 Å². The third-order valence-corrected chi connectivity index (χ3v) is 5.96. The van der Waals surface area contributed by atoms with Crippen molar-refractivity contribution in [3.05, 3.63) is 29.8 Å². The third kappa shape index (κ3) is 4.05. The second-order valence-corrected chi connectivity index (χ2v) is 7.98. The predicted octanol–water partition coefficient (Wildman–Crippen LogP) is 2.64. The van der Waals surface area contributed by atoms with E-state index in [1.54, 1.807) is 24.3 Å². The van der Waals surface area contributed by atoms with Crippen molar-refractivity contribution in [2.45, 2.75) is 57.0 Å². The Morgan fingerprint density at radius 3 is 2.38 bits per heavy atom. The van der Waals surface area contributed by atoms with Gasteiger partial charge in [-0.2, -0.15) is 0 Å². The first-order valence-electron chi connectivity index (χ1n) is 7.75. The van der Waals surface area contributed by atoms with Crippen molar-refractivity contribution in [3.8, 4) is 0 Å². The fourth-order valence-electron chi connectivity index (χ4n) is 3.18. The molecular weight excluding hydrogens is 284 g/mol. The lowest BCUT2D eigenvalue weighted by atomic mass is 9.78. The molecule has 1 saturated carbocycles. The lowest BCUT2D eigenvalue weighted by Gasteiger charge is -2.34. The van der Waals surface area contributed by atoms with Crippen molar-refractivity contribution in [2.24, 2.45) is 17.6 Å². The molecule has 0 aromatic heterocycles. The average Bonchev–Trinajstić information content (AvgIpc) is 2.47. The Morgan fingerprint density at radius 2 is 1.81 bits per heavy atom. The van der Waals surface area contributed by atoms with Crippen LogP contribution in [0, 0.1) is 11.8 Å². The van der Waals surface area contributed by atoms with Gasteiger partial charge in [-0.3, -0.25) is 0 Å². The average molecular weight is 310 g/mol. The first-order chi connectivity index (χ1) is 9.94. The maximum Gasteiger partial charge on any atom is 0.240 e. The Labute approximate surface area is 128 Å². The number of nitrogens with one attached hydrogen (secondary N) is 1. The molecule has 0 saturated heterocycles. The molecular formula is C16H26N2O2S. The summed E-state index contributed by atoms with van der Waals surface area (Å²) in [4.78, 5) is 0.327. The van der Waals surface area contributed by atoms with Gasteiger partial charge in [-0.25, -0.2) is 13.1 Å². The van der Waals surface area contributed by atoms with E-state index in [0.29, 0.717) is 23.3 Å². The minimum atomic E-state index is -3.44. The first kappa shape index (κ1) is 16.5. The van der Waals surface area contributed by atoms with E-state index >= 15 is 0 Å². The highest BCUT2D eigenvalue weighted by Crippen LogP contribution is 2.31. The molecule has 1 fully saturated rings. The number of benzene rings is 1. The van der Waals surface area contributed by atoms with Gasteiger partial charge in [-0.1, -0.05) is 38.8 Å². The highest BCUT2D eigenvalue weighted by Gasteiger charge is 2.31. The fraction of sp³-hybridized carbons (Fsp3) is 0.625. The van der Waals surface area contributed by atoms with Gasteiger partial charge in [-0.05, 0) is 42.4 Å². The van der Waals surface area contributed by atoms with Crippen molar-refractivity contribution in [2.75, 3.05) is 0 Å². The van der Waals surface area contributed by atoms with Gasteiger partial charge in [-0.15, -0.1) is 0 Å². The molecule has 1 aliphatic rings. The van der Waals surface area contributed by atoms with Crippen molar-refractivity contribution in [1.29, 1.82) is 0 Å². The Bertz CT molecular complexity index is 552. The minimum Gasteiger partial charge on any atom is -0.326 e. The van der Waals surface area contributed by atoms with Gasteiger partial charge in [0.05, 0.1) is 4.90 Å². The van der Waals surface area contributed by atoms with Gasteiger partial charge in [0.1, 0.15) is 0 Å². The molecule has 5 heteroatoms. The highest BCUT2D eigenvalue weighted by molar-refractivity contribution is 7.89. The molecule has 0 heterocycles. The summed E-state index contributed by atoms with van der Waals surface area (Å²) < 4.78 is 28.0. The van der Waals surface area contributed by atoms with Crippen LogP contribution in [0.4, 0.5) is 0 Å². The molecule has 2 unspecified atom stereocenters. The Kier molecular flexibility index (Phi) is 5.41. The molecule has 3 N–H and O–H groups in total. The molecule has 2 rings (SSSR count). The van der Waals surface area contributed by atoms with Gasteiger partial charge in [0.15, 0.2) is 0 Å². The Morgan fingerprint density at radius 1 is 1.19 bits per heavy atom. The Balaban J connectivity index is 2.15. The van der Waals surface area contributed by atoms with Crippen LogP contribution in [0.15, 0.2) is 29.2 Å². The van der Waals surface area contributed by atoms with E-state index in [1.807, 2.05) is 0 Å². The maximum absolute atomic E-state index is 12.5. The van der Waals surface area contributed by atoms with Crippen molar-refractivity contribution < 1.29 is 8.42 Å². The number of nitrogens with two attached hydrogens (primary N) is 1. The number of rotatable bonds is 5. The van der Waals surface area contributed by atoms with Crippen LogP contribution in [0.2, 0.25) is 0 Å². The van der Waals surface area contributed by atoms with Crippen LogP contribution in [0.25, 0.3) is 0 Å². The van der Waals surface area contributed by atoms with Crippen LogP contribution < -0.4 is 10.5 Å². The van der Waals surface area contributed by atoms with Crippen LogP contribution in [-0.4, -0.2) is 14.5 Å². The minimum absolute atomic E-state index is 0.0536. The molecule has 0 radical (unpaired) electrons. The monoisotopic (exact) mass is 310 g/mol. The van der Waals surface area contributed by atoms with E-state index in [2.05, 4.69) is 18.6 Å². The fourth-order valence-corrected chi connectivity index (χ4v) is 4.50. The summed E-state index contributed by atoms with van der Waals surface area (Å²) in [6.45, 7) is 4.77. The molecule has 21 heavy (non-hydrogen) atoms. The zero-order valence-electron chi connectivity index (χ0n) is 12.9. The van der Waals surface area contributed by atoms with Gasteiger partial charge in [0.25, 0.3) is 0 Å². The van der Waals surface area contributed by atoms with E-state index < -0.39 is 10.0 Å². The van der Waals surface area contributed by atoms with Crippen molar-refractivity contribution in [3.63, 3.8) is 0 Å². The molecule has 1 aromatic carbocycles. The largest absolute Gasteiger partial charge is 0.326 e. The highest BCUT2D eigenvalue weighted by atomic mass is 32.2. The molecule has 0 bridgehead atoms. The first-order valence-corrected chi connectivity index (χ1v) is 9.23. The normalized spacial score (nSPS) is 23.4. The molecule has 1 aromatic rings. The molecule has 0 spiro atoms. The molecule has 0 aliphatic heterocycles. The Hall–Kier alpha value is -0.910. The van der Waals surface area contributed by atoms with E-state index in [9.17, 15) is 8.42 Å². The van der Waals surface area contributed by atoms with Crippen molar-refractivity contribution in [1.82, 2.24) is 4.72 Å². The van der Waals surface area contributed by atoms with E-state index in [1.165, 1.54) is 6.42 Å². The molecule has 0 amide bonds. The van der Waals surface area contributed by atoms with Gasteiger partial charge >= 0.3 is 0 Å². The summed E-state index contributed by atoms with van der Waals surface area (Å²) in [6, 6.07) is 6.87. The summed E-state index contributed by atoms with van der Waals surface area (Å²) >= 11 is 0. The number of hydrogen-bond acceptors (Lipinski definition) is 3. The molecule has 2 atom stereocenters. The standard InChI is InChI=1S/C16H26N2O2S/c1-12(2)15-5-3-4-6-16(15)18-21(19,20)14-9-7-13(11-17)8-10-14/h7-10,12,15-16,18H,3-6,11,17H2,1-2H3. The molecule has 1 aliphatic carbocycles. The lowest BCUT2D eigenvalue weighted by Crippen LogP contribution is -2.43. The van der Waals surface area contributed by atoms with E-state index in [0.717, 1.165) is 24.8 Å². The maximum atomic E-state index is 12.5. The SMILES string of the molecule is CC(C)C1CCCCC1NS(=O)(=O)c1ccc(CN)cc1. The summed E-state index contributed by atoms with van der Waals surface area (Å²) in [6.07, 6.45) is 4.34. The summed E-state index contributed by atoms with van der Waals surface area (Å²) in [5.74, 6) is 0.925. The quantitative estimate of drug-likeness (QED) is 0.878. The van der Waals surface area contributed by atoms with E-state index in [4.69, 9.17) is 5.73 Å². The molecule has 118 valence electrons. The second-order valence-electron chi connectivity index (χ2n) is 6.27. The van der Waals surface area contributed by atoms with Crippen LogP contribution in [0.1, 0.15) is 45.1 Å². The summed E-state index contributed by atoms with van der Waals surface area (Å²) in [5, 5.41) is 0. The van der Waals surface area contributed by atoms with Crippen LogP contribution in [-0.2, 0) is 16.6 Å². The van der Waals surface area contributed by atoms with Crippen LogP contribution >= 0.6 is 0 Å². The van der Waals surface area contributed by atoms with E-state index in [-0.39, 0.29) is 6.04 Å². The number of sulfonamides is 1. The predicted molar refractivity (Wildman–Crippen MR) is 85.2 cm³/mol. The lowest BCUT2D eigenvalue weighted by molar-refractivity contribution is 0.226. The van der Waals surface area contributed by atoms with Gasteiger partial charge in [0, 0.05) is 12.6 Å². The van der Waals surface area contributed by atoms with Crippen molar-refractivity contribution >= 4 is 10.0 Å². The van der Waals surface area contributed by atoms with Crippen LogP contribution in [0.3, 0.4) is 0 Å². The zero-order chi connectivity index (χ0) is 15.5. The number of hydrogen-bond donors (Lipinski definition) is 2. The van der Waals surface area contributed by atoms with Gasteiger partial charge < -0.3 is 5.73 Å². The molecule has 4 nitrogen and oxygen atoms in total. The third-order valence-electron chi connectivity index (χ3n) is 4.45. The van der Waals surface area contributed by atoms with Gasteiger partial charge in [0.2, 0.25) is 10.0 Å². The topological polar surface area (TPSA) is 72.2 Å². The summed E-state index contributed by atoms with van der Waals surface area (Å²) in [7, 11) is -3.44. The smallest absolute Gasteiger partial charge is 0.240 e. The summed E-state index contributed by atoms with van der Waals surface area (Å²) in [5.41, 5.74) is 6.48. The second kappa shape index (κ2) is 6.90.